The zero-order valence-electron chi connectivity index (χ0n) is 21.2. The van der Waals surface area contributed by atoms with E-state index in [2.05, 4.69) is 0 Å². The average Bonchev–Trinajstić information content (AvgIpc) is 3.09. The Kier molecular flexibility index (Phi) is 9.25. The Morgan fingerprint density at radius 2 is 1.72 bits per heavy atom. The van der Waals surface area contributed by atoms with Gasteiger partial charge in [0.25, 0.3) is 0 Å². The number of aliphatic hydroxyl groups is 8. The first-order valence-corrected chi connectivity index (χ1v) is 12.3. The van der Waals surface area contributed by atoms with Gasteiger partial charge >= 0.3 is 0 Å². The molecule has 0 amide bonds. The molecule has 3 aliphatic rings. The van der Waals surface area contributed by atoms with Crippen LogP contribution >= 0.6 is 0 Å². The molecule has 8 N–H and O–H groups in total. The van der Waals surface area contributed by atoms with Crippen LogP contribution in [0.5, 0.6) is 0 Å². The van der Waals surface area contributed by atoms with E-state index in [9.17, 15) is 40.9 Å². The Hall–Kier alpha value is -0.740. The predicted molar refractivity (Wildman–Crippen MR) is 123 cm³/mol. The Balaban J connectivity index is 1.58. The van der Waals surface area contributed by atoms with Crippen molar-refractivity contribution in [3.05, 3.63) is 11.6 Å². The third kappa shape index (κ3) is 5.80. The summed E-state index contributed by atoms with van der Waals surface area (Å²) >= 11 is 0. The maximum absolute atomic E-state index is 11.4. The first kappa shape index (κ1) is 29.8. The van der Waals surface area contributed by atoms with E-state index < -0.39 is 78.5 Å². The molecule has 0 radical (unpaired) electrons. The van der Waals surface area contributed by atoms with Gasteiger partial charge in [-0.2, -0.15) is 0 Å². The molecule has 2 heterocycles. The van der Waals surface area contributed by atoms with Crippen LogP contribution < -0.4 is 0 Å². The first-order valence-electron chi connectivity index (χ1n) is 12.3. The zero-order chi connectivity index (χ0) is 27.1. The van der Waals surface area contributed by atoms with Gasteiger partial charge < -0.3 is 59.8 Å². The van der Waals surface area contributed by atoms with Gasteiger partial charge in [-0.05, 0) is 38.7 Å². The van der Waals surface area contributed by atoms with Gasteiger partial charge in [0.2, 0.25) is 0 Å². The summed E-state index contributed by atoms with van der Waals surface area (Å²) in [5, 5.41) is 81.9. The molecule has 36 heavy (non-hydrogen) atoms. The van der Waals surface area contributed by atoms with E-state index in [-0.39, 0.29) is 13.2 Å². The Bertz CT molecular complexity index is 776. The topological polar surface area (TPSA) is 199 Å². The maximum atomic E-state index is 11.4. The summed E-state index contributed by atoms with van der Waals surface area (Å²) in [6.45, 7) is 5.82. The van der Waals surface area contributed by atoms with Gasteiger partial charge in [0.1, 0.15) is 36.1 Å². The molecule has 2 aliphatic heterocycles. The Morgan fingerprint density at radius 3 is 2.31 bits per heavy atom. The summed E-state index contributed by atoms with van der Waals surface area (Å²) < 4.78 is 22.0. The summed E-state index contributed by atoms with van der Waals surface area (Å²) in [6, 6.07) is 0. The van der Waals surface area contributed by atoms with Gasteiger partial charge in [-0.3, -0.25) is 0 Å². The molecule has 3 rings (SSSR count). The van der Waals surface area contributed by atoms with Crippen LogP contribution in [0, 0.1) is 5.41 Å². The van der Waals surface area contributed by atoms with Crippen molar-refractivity contribution in [2.75, 3.05) is 19.8 Å². The van der Waals surface area contributed by atoms with E-state index in [1.807, 2.05) is 13.8 Å². The molecule has 12 nitrogen and oxygen atoms in total. The lowest BCUT2D eigenvalue weighted by Crippen LogP contribution is -2.60. The first-order chi connectivity index (χ1) is 16.6. The van der Waals surface area contributed by atoms with Crippen LogP contribution in [0.15, 0.2) is 11.6 Å². The third-order valence-corrected chi connectivity index (χ3v) is 7.89. The van der Waals surface area contributed by atoms with Crippen LogP contribution in [0.3, 0.4) is 0 Å². The normalized spacial score (nSPS) is 45.9. The monoisotopic (exact) mass is 522 g/mol. The Labute approximate surface area is 210 Å². The molecule has 12 heteroatoms. The summed E-state index contributed by atoms with van der Waals surface area (Å²) in [4.78, 5) is 0. The van der Waals surface area contributed by atoms with Gasteiger partial charge in [0.05, 0.1) is 37.6 Å². The molecule has 210 valence electrons. The summed E-state index contributed by atoms with van der Waals surface area (Å²) in [5.74, 6) is 0. The second kappa shape index (κ2) is 11.2. The van der Waals surface area contributed by atoms with E-state index in [0.717, 1.165) is 0 Å². The summed E-state index contributed by atoms with van der Waals surface area (Å²) in [5.41, 5.74) is -2.95. The predicted octanol–water partition coefficient (Wildman–Crippen LogP) is -2.10. The fourth-order valence-corrected chi connectivity index (χ4v) is 5.25. The zero-order valence-corrected chi connectivity index (χ0v) is 21.2. The molecule has 0 aromatic carbocycles. The lowest BCUT2D eigenvalue weighted by atomic mass is 9.62. The highest BCUT2D eigenvalue weighted by atomic mass is 16.7. The molecule has 0 bridgehead atoms. The van der Waals surface area contributed by atoms with E-state index >= 15 is 0 Å². The van der Waals surface area contributed by atoms with Crippen LogP contribution in [0.4, 0.5) is 0 Å². The number of hydrogen-bond donors (Lipinski definition) is 8. The van der Waals surface area contributed by atoms with Crippen LogP contribution in [0.1, 0.15) is 47.0 Å². The average molecular weight is 523 g/mol. The van der Waals surface area contributed by atoms with Crippen LogP contribution in [-0.2, 0) is 18.9 Å². The SMILES string of the molecule is CC1=C[C@@H](O)CC(C)(C)[C@@]1(O)CCC(C)O[C@@H]1O[C@H](CO[C@@H]2OC[C@](O)(CO)[C@H]2O)[C@@H](O)[C@H](O)[C@H]1O. The molecule has 2 saturated heterocycles. The summed E-state index contributed by atoms with van der Waals surface area (Å²) in [6.07, 6.45) is -8.41. The van der Waals surface area contributed by atoms with Crippen molar-refractivity contribution in [2.45, 2.75) is 113 Å². The van der Waals surface area contributed by atoms with Gasteiger partial charge in [-0.1, -0.05) is 19.9 Å². The highest BCUT2D eigenvalue weighted by molar-refractivity contribution is 5.25. The van der Waals surface area contributed by atoms with Crippen LogP contribution in [-0.4, -0.2) is 127 Å². The number of hydrogen-bond acceptors (Lipinski definition) is 12. The van der Waals surface area contributed by atoms with Crippen molar-refractivity contribution in [1.29, 1.82) is 0 Å². The molecule has 1 aliphatic carbocycles. The summed E-state index contributed by atoms with van der Waals surface area (Å²) in [7, 11) is 0. The quantitative estimate of drug-likeness (QED) is 0.154. The molecule has 0 aromatic rings. The lowest BCUT2D eigenvalue weighted by Gasteiger charge is -2.48. The van der Waals surface area contributed by atoms with Crippen molar-refractivity contribution in [3.63, 3.8) is 0 Å². The molecule has 1 unspecified atom stereocenters. The smallest absolute Gasteiger partial charge is 0.186 e. The van der Waals surface area contributed by atoms with Crippen LogP contribution in [0.2, 0.25) is 0 Å². The molecular formula is C24H42O12. The maximum Gasteiger partial charge on any atom is 0.186 e. The second-order valence-electron chi connectivity index (χ2n) is 11.1. The minimum Gasteiger partial charge on any atom is -0.393 e. The van der Waals surface area contributed by atoms with E-state index in [1.165, 1.54) is 0 Å². The number of aliphatic hydroxyl groups excluding tert-OH is 6. The highest BCUT2D eigenvalue weighted by Crippen LogP contribution is 2.47. The minimum atomic E-state index is -1.88. The van der Waals surface area contributed by atoms with Crippen LogP contribution in [0.25, 0.3) is 0 Å². The number of ether oxygens (including phenoxy) is 4. The molecule has 0 aromatic heterocycles. The molecule has 11 atom stereocenters. The van der Waals surface area contributed by atoms with E-state index in [4.69, 9.17) is 18.9 Å². The second-order valence-corrected chi connectivity index (χ2v) is 11.1. The van der Waals surface area contributed by atoms with Crippen molar-refractivity contribution >= 4 is 0 Å². The standard InChI is InChI=1S/C24H42O12/c1-12-7-14(26)8-22(3,4)24(12,32)6-5-13(2)35-20-18(29)17(28)16(27)15(36-20)9-33-21-19(30)23(31,10-25)11-34-21/h7,13-21,25-32H,5-6,8-11H2,1-4H3/t13?,14-,15-,16-,17+,18-,19+,20-,21-,23-,24-/m1/s1. The molecular weight excluding hydrogens is 480 g/mol. The number of rotatable bonds is 9. The largest absolute Gasteiger partial charge is 0.393 e. The highest BCUT2D eigenvalue weighted by Gasteiger charge is 2.51. The van der Waals surface area contributed by atoms with Crippen molar-refractivity contribution < 1.29 is 59.8 Å². The minimum absolute atomic E-state index is 0.321. The third-order valence-electron chi connectivity index (χ3n) is 7.89. The fraction of sp³-hybridized carbons (Fsp3) is 0.917. The molecule has 0 spiro atoms. The van der Waals surface area contributed by atoms with Gasteiger partial charge in [-0.15, -0.1) is 0 Å². The Morgan fingerprint density at radius 1 is 1.06 bits per heavy atom. The van der Waals surface area contributed by atoms with Crippen molar-refractivity contribution in [2.24, 2.45) is 5.41 Å². The molecule has 0 saturated carbocycles. The fourth-order valence-electron chi connectivity index (χ4n) is 5.25. The van der Waals surface area contributed by atoms with Gasteiger partial charge in [-0.25, -0.2) is 0 Å². The van der Waals surface area contributed by atoms with Gasteiger partial charge in [0.15, 0.2) is 12.6 Å². The van der Waals surface area contributed by atoms with E-state index in [1.54, 1.807) is 19.9 Å². The van der Waals surface area contributed by atoms with E-state index in [0.29, 0.717) is 24.8 Å². The van der Waals surface area contributed by atoms with Crippen molar-refractivity contribution in [1.82, 2.24) is 0 Å². The van der Waals surface area contributed by atoms with Crippen molar-refractivity contribution in [3.8, 4) is 0 Å². The van der Waals surface area contributed by atoms with Gasteiger partial charge in [0, 0.05) is 5.41 Å². The lowest BCUT2D eigenvalue weighted by molar-refractivity contribution is -0.318. The molecule has 2 fully saturated rings.